The molecule has 4 heteroatoms. The normalized spacial score (nSPS) is 13.7. The van der Waals surface area contributed by atoms with Crippen LogP contribution in [0.1, 0.15) is 35.7 Å². The molecule has 0 heterocycles. The predicted molar refractivity (Wildman–Crippen MR) is 90.4 cm³/mol. The van der Waals surface area contributed by atoms with Gasteiger partial charge in [0.1, 0.15) is 0 Å². The first-order valence-electron chi connectivity index (χ1n) is 7.72. The topological polar surface area (TPSA) is 67.1 Å². The Morgan fingerprint density at radius 2 is 1.95 bits per heavy atom. The summed E-state index contributed by atoms with van der Waals surface area (Å²) in [4.78, 5) is 12.4. The van der Waals surface area contributed by atoms with Crippen LogP contribution < -0.4 is 16.4 Å². The number of hydrogen-bond donors (Lipinski definition) is 3. The summed E-state index contributed by atoms with van der Waals surface area (Å²) in [6.07, 6.45) is 3.06. The number of aryl methyl sites for hydroxylation is 1. The maximum atomic E-state index is 12.4. The van der Waals surface area contributed by atoms with Gasteiger partial charge >= 0.3 is 0 Å². The van der Waals surface area contributed by atoms with E-state index in [1.165, 1.54) is 5.56 Å². The number of anilines is 3. The van der Waals surface area contributed by atoms with Crippen LogP contribution in [0.15, 0.2) is 42.5 Å². The summed E-state index contributed by atoms with van der Waals surface area (Å²) >= 11 is 0. The molecule has 1 saturated carbocycles. The number of nitrogens with two attached hydrogens (primary N) is 1. The monoisotopic (exact) mass is 295 g/mol. The summed E-state index contributed by atoms with van der Waals surface area (Å²) < 4.78 is 0. The van der Waals surface area contributed by atoms with E-state index in [1.807, 2.05) is 30.3 Å². The second-order valence-electron chi connectivity index (χ2n) is 5.69. The second kappa shape index (κ2) is 6.10. The van der Waals surface area contributed by atoms with E-state index in [0.717, 1.165) is 30.6 Å². The molecule has 0 unspecified atom stereocenters. The van der Waals surface area contributed by atoms with Crippen LogP contribution in [0.2, 0.25) is 0 Å². The summed E-state index contributed by atoms with van der Waals surface area (Å²) in [5.41, 5.74) is 10.1. The van der Waals surface area contributed by atoms with Gasteiger partial charge in [-0.25, -0.2) is 0 Å². The molecule has 1 aliphatic carbocycles. The summed E-state index contributed by atoms with van der Waals surface area (Å²) in [5, 5.41) is 6.40. The molecule has 1 amide bonds. The van der Waals surface area contributed by atoms with Gasteiger partial charge in [-0.05, 0) is 49.1 Å². The van der Waals surface area contributed by atoms with Gasteiger partial charge in [0.15, 0.2) is 0 Å². The second-order valence-corrected chi connectivity index (χ2v) is 5.69. The summed E-state index contributed by atoms with van der Waals surface area (Å²) in [5.74, 6) is -0.0636. The van der Waals surface area contributed by atoms with Crippen LogP contribution in [0.5, 0.6) is 0 Å². The first kappa shape index (κ1) is 14.4. The highest BCUT2D eigenvalue weighted by atomic mass is 16.1. The van der Waals surface area contributed by atoms with Gasteiger partial charge in [0.2, 0.25) is 0 Å². The van der Waals surface area contributed by atoms with Crippen molar-refractivity contribution in [3.05, 3.63) is 53.6 Å². The summed E-state index contributed by atoms with van der Waals surface area (Å²) in [6, 6.07) is 13.9. The third-order valence-electron chi connectivity index (χ3n) is 3.87. The zero-order chi connectivity index (χ0) is 15.5. The number of nitrogen functional groups attached to an aromatic ring is 1. The molecule has 3 rings (SSSR count). The Bertz CT molecular complexity index is 692. The van der Waals surface area contributed by atoms with Crippen molar-refractivity contribution >= 4 is 23.0 Å². The minimum atomic E-state index is -0.0636. The van der Waals surface area contributed by atoms with Gasteiger partial charge < -0.3 is 16.4 Å². The highest BCUT2D eigenvalue weighted by Crippen LogP contribution is 2.27. The average Bonchev–Trinajstić information content (AvgIpc) is 3.33. The number of para-hydroxylation sites is 1. The van der Waals surface area contributed by atoms with Crippen molar-refractivity contribution in [1.82, 2.24) is 5.32 Å². The number of nitrogens with one attached hydrogen (secondary N) is 2. The largest absolute Gasteiger partial charge is 0.399 e. The van der Waals surface area contributed by atoms with Crippen molar-refractivity contribution in [1.29, 1.82) is 0 Å². The van der Waals surface area contributed by atoms with Gasteiger partial charge in [-0.3, -0.25) is 4.79 Å². The van der Waals surface area contributed by atoms with E-state index in [0.29, 0.717) is 17.3 Å². The first-order valence-corrected chi connectivity index (χ1v) is 7.72. The molecule has 0 atom stereocenters. The lowest BCUT2D eigenvalue weighted by atomic mass is 10.1. The molecule has 0 bridgehead atoms. The van der Waals surface area contributed by atoms with Gasteiger partial charge in [-0.1, -0.05) is 25.1 Å². The number of benzene rings is 2. The zero-order valence-electron chi connectivity index (χ0n) is 12.7. The molecule has 2 aromatic rings. The molecule has 4 N–H and O–H groups in total. The van der Waals surface area contributed by atoms with Crippen LogP contribution >= 0.6 is 0 Å². The van der Waals surface area contributed by atoms with Gasteiger partial charge in [-0.15, -0.1) is 0 Å². The van der Waals surface area contributed by atoms with Crippen LogP contribution in [0.4, 0.5) is 17.1 Å². The fourth-order valence-electron chi connectivity index (χ4n) is 2.45. The molecule has 0 saturated heterocycles. The smallest absolute Gasteiger partial charge is 0.253 e. The number of carbonyl (C=O) groups excluding carboxylic acids is 1. The molecular weight excluding hydrogens is 274 g/mol. The fourth-order valence-corrected chi connectivity index (χ4v) is 2.45. The maximum Gasteiger partial charge on any atom is 0.253 e. The van der Waals surface area contributed by atoms with Crippen molar-refractivity contribution in [2.75, 3.05) is 11.1 Å². The molecule has 1 aliphatic rings. The Kier molecular flexibility index (Phi) is 4.00. The Morgan fingerprint density at radius 3 is 2.68 bits per heavy atom. The lowest BCUT2D eigenvalue weighted by molar-refractivity contribution is 0.0952. The Balaban J connectivity index is 1.90. The van der Waals surface area contributed by atoms with E-state index in [1.54, 1.807) is 6.07 Å². The number of amides is 1. The summed E-state index contributed by atoms with van der Waals surface area (Å²) in [6.45, 7) is 2.12. The van der Waals surface area contributed by atoms with Gasteiger partial charge in [0.05, 0.1) is 11.3 Å². The first-order chi connectivity index (χ1) is 10.7. The zero-order valence-corrected chi connectivity index (χ0v) is 12.7. The minimum Gasteiger partial charge on any atom is -0.399 e. The number of rotatable bonds is 5. The van der Waals surface area contributed by atoms with Crippen LogP contribution in [-0.4, -0.2) is 11.9 Å². The predicted octanol–water partition coefficient (Wildman–Crippen LogP) is 3.47. The summed E-state index contributed by atoms with van der Waals surface area (Å²) in [7, 11) is 0. The Labute approximate surface area is 130 Å². The standard InChI is InChI=1S/C18H21N3O/c1-2-12-5-3-4-6-16(12)21-17-10-7-13(19)11-15(17)18(22)20-14-8-9-14/h3-7,10-11,14,21H,2,8-9,19H2,1H3,(H,20,22). The number of carbonyl (C=O) groups is 1. The molecule has 1 fully saturated rings. The third-order valence-corrected chi connectivity index (χ3v) is 3.87. The van der Waals surface area contributed by atoms with E-state index in [9.17, 15) is 4.79 Å². The van der Waals surface area contributed by atoms with Crippen LogP contribution in [0.3, 0.4) is 0 Å². The highest BCUT2D eigenvalue weighted by Gasteiger charge is 2.25. The van der Waals surface area contributed by atoms with Gasteiger partial charge in [-0.2, -0.15) is 0 Å². The number of hydrogen-bond acceptors (Lipinski definition) is 3. The Hall–Kier alpha value is -2.49. The van der Waals surface area contributed by atoms with Crippen molar-refractivity contribution < 1.29 is 4.79 Å². The lowest BCUT2D eigenvalue weighted by Gasteiger charge is -2.15. The van der Waals surface area contributed by atoms with Gasteiger partial charge in [0.25, 0.3) is 5.91 Å². The van der Waals surface area contributed by atoms with Crippen molar-refractivity contribution in [2.24, 2.45) is 0 Å². The van der Waals surface area contributed by atoms with E-state index in [-0.39, 0.29) is 5.91 Å². The van der Waals surface area contributed by atoms with Crippen LogP contribution in [0.25, 0.3) is 0 Å². The quantitative estimate of drug-likeness (QED) is 0.740. The highest BCUT2D eigenvalue weighted by molar-refractivity contribution is 6.01. The molecule has 0 spiro atoms. The molecular formula is C18H21N3O. The molecule has 114 valence electrons. The lowest BCUT2D eigenvalue weighted by Crippen LogP contribution is -2.26. The fraction of sp³-hybridized carbons (Fsp3) is 0.278. The molecule has 0 radical (unpaired) electrons. The Morgan fingerprint density at radius 1 is 1.18 bits per heavy atom. The van der Waals surface area contributed by atoms with Crippen molar-refractivity contribution in [3.8, 4) is 0 Å². The maximum absolute atomic E-state index is 12.4. The molecule has 0 aliphatic heterocycles. The van der Waals surface area contributed by atoms with E-state index < -0.39 is 0 Å². The van der Waals surface area contributed by atoms with Crippen molar-refractivity contribution in [3.63, 3.8) is 0 Å². The molecule has 22 heavy (non-hydrogen) atoms. The molecule has 2 aromatic carbocycles. The van der Waals surface area contributed by atoms with E-state index >= 15 is 0 Å². The van der Waals surface area contributed by atoms with Crippen LogP contribution in [-0.2, 0) is 6.42 Å². The minimum absolute atomic E-state index is 0.0636. The van der Waals surface area contributed by atoms with E-state index in [4.69, 9.17) is 5.73 Å². The van der Waals surface area contributed by atoms with Gasteiger partial charge in [0, 0.05) is 17.4 Å². The van der Waals surface area contributed by atoms with Crippen LogP contribution in [0, 0.1) is 0 Å². The SMILES string of the molecule is CCc1ccccc1Nc1ccc(N)cc1C(=O)NC1CC1. The average molecular weight is 295 g/mol. The van der Waals surface area contributed by atoms with E-state index in [2.05, 4.69) is 23.6 Å². The molecule has 4 nitrogen and oxygen atoms in total. The third kappa shape index (κ3) is 3.22. The molecule has 0 aromatic heterocycles. The van der Waals surface area contributed by atoms with Crippen molar-refractivity contribution in [2.45, 2.75) is 32.2 Å².